The number of nitrogens with one attached hydrogen (secondary N) is 1. The minimum Gasteiger partial charge on any atom is -0.452 e. The third-order valence-electron chi connectivity index (χ3n) is 6.44. The van der Waals surface area contributed by atoms with Gasteiger partial charge >= 0.3 is 18.2 Å². The maximum Gasteiger partial charge on any atom is 0.414 e. The summed E-state index contributed by atoms with van der Waals surface area (Å²) in [5, 5.41) is 2.57. The van der Waals surface area contributed by atoms with Gasteiger partial charge in [0, 0.05) is 31.9 Å². The summed E-state index contributed by atoms with van der Waals surface area (Å²) in [4.78, 5) is 53.6. The Balaban J connectivity index is 1.25. The van der Waals surface area contributed by atoms with Gasteiger partial charge in [0.05, 0.1) is 30.0 Å². The molecule has 0 bridgehead atoms. The number of hydrogen-bond donors (Lipinski definition) is 2. The lowest BCUT2D eigenvalue weighted by molar-refractivity contribution is -0.134. The van der Waals surface area contributed by atoms with Crippen LogP contribution in [-0.4, -0.2) is 86.5 Å². The van der Waals surface area contributed by atoms with Gasteiger partial charge < -0.3 is 35.1 Å². The Bertz CT molecular complexity index is 1290. The van der Waals surface area contributed by atoms with E-state index in [0.717, 1.165) is 0 Å². The van der Waals surface area contributed by atoms with Crippen LogP contribution in [0.4, 0.5) is 31.0 Å². The molecule has 41 heavy (non-hydrogen) atoms. The van der Waals surface area contributed by atoms with E-state index in [4.69, 9.17) is 19.9 Å². The number of benzene rings is 2. The van der Waals surface area contributed by atoms with Gasteiger partial charge in [-0.1, -0.05) is 0 Å². The molecule has 2 aromatic carbocycles. The van der Waals surface area contributed by atoms with Crippen LogP contribution in [0.3, 0.4) is 0 Å². The third-order valence-corrected chi connectivity index (χ3v) is 6.44. The SMILES string of the molecule is CC(C)(C)OC(=O)NCC1CN(c2ccc(N3CCN(C(=O)COC(=O)c4ccc(N)cc4)CC3)c(F)c2)C(=O)O1. The summed E-state index contributed by atoms with van der Waals surface area (Å²) in [7, 11) is 0. The third kappa shape index (κ3) is 7.77. The van der Waals surface area contributed by atoms with Gasteiger partial charge in [-0.3, -0.25) is 9.69 Å². The number of piperazine rings is 1. The molecule has 0 spiro atoms. The number of nitrogens with two attached hydrogens (primary N) is 1. The molecule has 0 radical (unpaired) electrons. The number of cyclic esters (lactones) is 1. The van der Waals surface area contributed by atoms with E-state index in [0.29, 0.717) is 48.8 Å². The lowest BCUT2D eigenvalue weighted by Gasteiger charge is -2.36. The normalized spacial score (nSPS) is 17.2. The van der Waals surface area contributed by atoms with E-state index in [-0.39, 0.29) is 19.0 Å². The topological polar surface area (TPSA) is 144 Å². The number of esters is 1. The fourth-order valence-corrected chi connectivity index (χ4v) is 4.39. The molecule has 2 fully saturated rings. The monoisotopic (exact) mass is 571 g/mol. The van der Waals surface area contributed by atoms with Crippen molar-refractivity contribution < 1.29 is 37.8 Å². The highest BCUT2D eigenvalue weighted by atomic mass is 19.1. The molecule has 0 aromatic heterocycles. The number of alkyl carbamates (subject to hydrolysis) is 1. The zero-order chi connectivity index (χ0) is 29.7. The van der Waals surface area contributed by atoms with Crippen molar-refractivity contribution in [2.24, 2.45) is 0 Å². The number of carbonyl (C=O) groups excluding carboxylic acids is 4. The van der Waals surface area contributed by atoms with Crippen LogP contribution in [0.1, 0.15) is 31.1 Å². The van der Waals surface area contributed by atoms with Gasteiger partial charge in [0.1, 0.15) is 17.5 Å². The number of nitrogens with zero attached hydrogens (tertiary/aromatic N) is 3. The van der Waals surface area contributed by atoms with Gasteiger partial charge in [0.15, 0.2) is 6.61 Å². The summed E-state index contributed by atoms with van der Waals surface area (Å²) in [6, 6.07) is 10.7. The minimum absolute atomic E-state index is 0.0568. The Kier molecular flexibility index (Phi) is 8.84. The highest BCUT2D eigenvalue weighted by Gasteiger charge is 2.34. The molecule has 12 nitrogen and oxygen atoms in total. The number of rotatable bonds is 7. The van der Waals surface area contributed by atoms with E-state index in [9.17, 15) is 19.2 Å². The largest absolute Gasteiger partial charge is 0.452 e. The number of amides is 3. The first-order valence-corrected chi connectivity index (χ1v) is 13.2. The molecule has 3 N–H and O–H groups in total. The van der Waals surface area contributed by atoms with Crippen LogP contribution in [0.25, 0.3) is 0 Å². The molecule has 220 valence electrons. The summed E-state index contributed by atoms with van der Waals surface area (Å²) < 4.78 is 30.7. The van der Waals surface area contributed by atoms with Crippen LogP contribution < -0.4 is 20.9 Å². The average Bonchev–Trinajstić information content (AvgIpc) is 3.30. The second-order valence-electron chi connectivity index (χ2n) is 10.7. The molecule has 13 heteroatoms. The predicted molar refractivity (Wildman–Crippen MR) is 148 cm³/mol. The van der Waals surface area contributed by atoms with Crippen molar-refractivity contribution in [2.75, 3.05) is 61.4 Å². The molecule has 1 unspecified atom stereocenters. The fraction of sp³-hybridized carbons (Fsp3) is 0.429. The van der Waals surface area contributed by atoms with Crippen molar-refractivity contribution >= 4 is 41.1 Å². The maximum absolute atomic E-state index is 15.1. The Morgan fingerprint density at radius 3 is 2.39 bits per heavy atom. The van der Waals surface area contributed by atoms with Crippen LogP contribution in [0.5, 0.6) is 0 Å². The molecular formula is C28H34FN5O7. The van der Waals surface area contributed by atoms with Crippen LogP contribution in [0.2, 0.25) is 0 Å². The molecular weight excluding hydrogens is 537 g/mol. The van der Waals surface area contributed by atoms with Crippen LogP contribution in [-0.2, 0) is 19.0 Å². The van der Waals surface area contributed by atoms with Gasteiger partial charge in [0.2, 0.25) is 0 Å². The standard InChI is InChI=1S/C28H34FN5O7/c1-28(2,3)41-26(37)31-15-21-16-34(27(38)40-21)20-8-9-23(22(29)14-20)32-10-12-33(13-11-32)24(35)17-39-25(36)18-4-6-19(30)7-5-18/h4-9,14,21H,10-13,15-17,30H2,1-3H3,(H,31,37). The number of nitrogen functional groups attached to an aromatic ring is 1. The molecule has 1 atom stereocenters. The zero-order valence-electron chi connectivity index (χ0n) is 23.2. The quantitative estimate of drug-likeness (QED) is 0.291. The van der Waals surface area contributed by atoms with Crippen molar-refractivity contribution in [2.45, 2.75) is 32.5 Å². The highest BCUT2D eigenvalue weighted by molar-refractivity contribution is 5.92. The number of anilines is 3. The fourth-order valence-electron chi connectivity index (χ4n) is 4.39. The van der Waals surface area contributed by atoms with E-state index in [2.05, 4.69) is 5.32 Å². The number of ether oxygens (including phenoxy) is 3. The second kappa shape index (κ2) is 12.3. The Labute approximate surface area is 237 Å². The van der Waals surface area contributed by atoms with E-state index in [1.807, 2.05) is 0 Å². The number of hydrogen-bond acceptors (Lipinski definition) is 9. The first-order chi connectivity index (χ1) is 19.4. The predicted octanol–water partition coefficient (Wildman–Crippen LogP) is 2.76. The molecule has 4 rings (SSSR count). The van der Waals surface area contributed by atoms with Crippen molar-refractivity contribution in [1.29, 1.82) is 0 Å². The lowest BCUT2D eigenvalue weighted by atomic mass is 10.2. The first-order valence-electron chi connectivity index (χ1n) is 13.2. The summed E-state index contributed by atoms with van der Waals surface area (Å²) in [6.45, 7) is 6.41. The summed E-state index contributed by atoms with van der Waals surface area (Å²) in [6.07, 6.45) is -1.88. The molecule has 2 heterocycles. The molecule has 0 saturated carbocycles. The van der Waals surface area contributed by atoms with Crippen LogP contribution in [0.15, 0.2) is 42.5 Å². The van der Waals surface area contributed by atoms with E-state index >= 15 is 4.39 Å². The Morgan fingerprint density at radius 1 is 1.07 bits per heavy atom. The first kappa shape index (κ1) is 29.4. The number of halogens is 1. The van der Waals surface area contributed by atoms with E-state index in [1.165, 1.54) is 23.1 Å². The summed E-state index contributed by atoms with van der Waals surface area (Å²) in [5.74, 6) is -1.48. The highest BCUT2D eigenvalue weighted by Crippen LogP contribution is 2.28. The Morgan fingerprint density at radius 2 is 1.76 bits per heavy atom. The molecule has 3 amide bonds. The van der Waals surface area contributed by atoms with Gasteiger partial charge in [0.25, 0.3) is 5.91 Å². The smallest absolute Gasteiger partial charge is 0.414 e. The minimum atomic E-state index is -0.655. The van der Waals surface area contributed by atoms with Crippen molar-refractivity contribution in [3.63, 3.8) is 0 Å². The maximum atomic E-state index is 15.1. The Hall–Kier alpha value is -4.55. The lowest BCUT2D eigenvalue weighted by Crippen LogP contribution is -2.50. The molecule has 2 saturated heterocycles. The summed E-state index contributed by atoms with van der Waals surface area (Å²) >= 11 is 0. The average molecular weight is 572 g/mol. The molecule has 2 aliphatic heterocycles. The van der Waals surface area contributed by atoms with Crippen molar-refractivity contribution in [3.05, 3.63) is 53.8 Å². The molecule has 2 aromatic rings. The van der Waals surface area contributed by atoms with Gasteiger partial charge in [-0.05, 0) is 63.2 Å². The summed E-state index contributed by atoms with van der Waals surface area (Å²) in [5.41, 5.74) is 6.43. The van der Waals surface area contributed by atoms with Crippen molar-refractivity contribution in [3.8, 4) is 0 Å². The number of carbonyl (C=O) groups is 4. The second-order valence-corrected chi connectivity index (χ2v) is 10.7. The van der Waals surface area contributed by atoms with E-state index in [1.54, 1.807) is 54.8 Å². The van der Waals surface area contributed by atoms with Gasteiger partial charge in [-0.2, -0.15) is 0 Å². The van der Waals surface area contributed by atoms with Gasteiger partial charge in [-0.25, -0.2) is 18.8 Å². The molecule has 0 aliphatic carbocycles. The van der Waals surface area contributed by atoms with Crippen molar-refractivity contribution in [1.82, 2.24) is 10.2 Å². The van der Waals surface area contributed by atoms with Gasteiger partial charge in [-0.15, -0.1) is 0 Å². The van der Waals surface area contributed by atoms with E-state index < -0.39 is 42.3 Å². The molecule has 2 aliphatic rings. The van der Waals surface area contributed by atoms with Crippen LogP contribution >= 0.6 is 0 Å². The van der Waals surface area contributed by atoms with Crippen LogP contribution in [0, 0.1) is 5.82 Å². The zero-order valence-corrected chi connectivity index (χ0v) is 23.2.